The average molecular weight is 271 g/mol. The van der Waals surface area contributed by atoms with Crippen molar-refractivity contribution < 1.29 is 13.9 Å². The van der Waals surface area contributed by atoms with E-state index in [1.807, 2.05) is 30.3 Å². The van der Waals surface area contributed by atoms with Crippen molar-refractivity contribution in [2.45, 2.75) is 36.7 Å². The number of esters is 1. The van der Waals surface area contributed by atoms with Gasteiger partial charge in [0.25, 0.3) is 0 Å². The van der Waals surface area contributed by atoms with Crippen molar-refractivity contribution in [2.75, 3.05) is 6.67 Å². The van der Waals surface area contributed by atoms with Crippen molar-refractivity contribution in [1.29, 1.82) is 0 Å². The van der Waals surface area contributed by atoms with Crippen molar-refractivity contribution in [1.82, 2.24) is 0 Å². The zero-order valence-electron chi connectivity index (χ0n) is 10.0. The van der Waals surface area contributed by atoms with Gasteiger partial charge in [-0.3, -0.25) is 0 Å². The van der Waals surface area contributed by atoms with Crippen molar-refractivity contribution in [3.05, 3.63) is 35.9 Å². The second-order valence-corrected chi connectivity index (χ2v) is 5.21. The van der Waals surface area contributed by atoms with Crippen LogP contribution in [0.15, 0.2) is 30.3 Å². The predicted molar refractivity (Wildman–Crippen MR) is 68.5 cm³/mol. The van der Waals surface area contributed by atoms with Gasteiger partial charge >= 0.3 is 5.97 Å². The third kappa shape index (κ3) is 3.22. The number of benzene rings is 1. The molecule has 4 heteroatoms. The molecule has 0 aliphatic heterocycles. The minimum Gasteiger partial charge on any atom is -0.460 e. The lowest BCUT2D eigenvalue weighted by Crippen LogP contribution is -2.32. The maximum Gasteiger partial charge on any atom is 0.337 e. The first-order valence-electron chi connectivity index (χ1n) is 6.15. The minimum absolute atomic E-state index is 0.0675. The van der Waals surface area contributed by atoms with Crippen LogP contribution in [0.25, 0.3) is 0 Å². The maximum atomic E-state index is 12.2. The van der Waals surface area contributed by atoms with E-state index in [-0.39, 0.29) is 17.4 Å². The zero-order chi connectivity index (χ0) is 13.0. The molecule has 1 aliphatic carbocycles. The Bertz CT molecular complexity index is 396. The van der Waals surface area contributed by atoms with Crippen LogP contribution in [-0.4, -0.2) is 24.1 Å². The molecular formula is C14H16ClFO2. The van der Waals surface area contributed by atoms with Crippen LogP contribution >= 0.6 is 11.6 Å². The largest absolute Gasteiger partial charge is 0.460 e. The summed E-state index contributed by atoms with van der Waals surface area (Å²) in [4.78, 5) is 11.1. The number of rotatable bonds is 3. The number of carbonyl (C=O) groups excluding carboxylic acids is 1. The van der Waals surface area contributed by atoms with E-state index in [1.165, 1.54) is 0 Å². The molecule has 1 aromatic rings. The third-order valence-corrected chi connectivity index (χ3v) is 3.74. The monoisotopic (exact) mass is 270 g/mol. The number of halogens is 2. The normalized spacial score (nSPS) is 27.8. The van der Waals surface area contributed by atoms with E-state index in [0.29, 0.717) is 6.42 Å². The second kappa shape index (κ2) is 6.19. The Morgan fingerprint density at radius 3 is 2.72 bits per heavy atom. The Morgan fingerprint density at radius 2 is 2.06 bits per heavy atom. The highest BCUT2D eigenvalue weighted by molar-refractivity contribution is 6.20. The molecule has 0 radical (unpaired) electrons. The predicted octanol–water partition coefficient (Wildman–Crippen LogP) is 3.44. The molecule has 1 aromatic carbocycles. The molecule has 2 rings (SSSR count). The standard InChI is InChI=1S/C14H16ClFO2/c15-11-6-7-13(18-14(17)9-16)12(8-11)10-4-2-1-3-5-10/h1-5,11-13H,6-9H2. The lowest BCUT2D eigenvalue weighted by Gasteiger charge is -2.33. The molecule has 0 N–H and O–H groups in total. The highest BCUT2D eigenvalue weighted by atomic mass is 35.5. The Morgan fingerprint density at radius 1 is 1.33 bits per heavy atom. The molecule has 0 heterocycles. The molecule has 98 valence electrons. The van der Waals surface area contributed by atoms with E-state index in [2.05, 4.69) is 0 Å². The highest BCUT2D eigenvalue weighted by Gasteiger charge is 2.33. The van der Waals surface area contributed by atoms with Gasteiger partial charge < -0.3 is 4.74 Å². The number of carbonyl (C=O) groups is 1. The Hall–Kier alpha value is -1.09. The van der Waals surface area contributed by atoms with Crippen LogP contribution in [0.5, 0.6) is 0 Å². The van der Waals surface area contributed by atoms with E-state index in [0.717, 1.165) is 18.4 Å². The van der Waals surface area contributed by atoms with Gasteiger partial charge in [0.2, 0.25) is 0 Å². The van der Waals surface area contributed by atoms with Gasteiger partial charge in [-0.05, 0) is 24.8 Å². The fourth-order valence-corrected chi connectivity index (χ4v) is 2.80. The molecule has 1 saturated carbocycles. The van der Waals surface area contributed by atoms with Crippen LogP contribution in [0.4, 0.5) is 4.39 Å². The fourth-order valence-electron chi connectivity index (χ4n) is 2.48. The summed E-state index contributed by atoms with van der Waals surface area (Å²) < 4.78 is 17.4. The maximum absolute atomic E-state index is 12.2. The Balaban J connectivity index is 2.13. The summed E-state index contributed by atoms with van der Waals surface area (Å²) >= 11 is 6.18. The van der Waals surface area contributed by atoms with Crippen LogP contribution in [0.1, 0.15) is 30.7 Å². The van der Waals surface area contributed by atoms with Gasteiger partial charge in [-0.25, -0.2) is 9.18 Å². The zero-order valence-corrected chi connectivity index (χ0v) is 10.8. The number of alkyl halides is 2. The number of ether oxygens (including phenoxy) is 1. The third-order valence-electron chi connectivity index (χ3n) is 3.34. The molecule has 0 amide bonds. The lowest BCUT2D eigenvalue weighted by atomic mass is 9.81. The molecule has 1 fully saturated rings. The molecular weight excluding hydrogens is 255 g/mol. The fraction of sp³-hybridized carbons (Fsp3) is 0.500. The van der Waals surface area contributed by atoms with Gasteiger partial charge in [0.05, 0.1) is 0 Å². The van der Waals surface area contributed by atoms with E-state index in [4.69, 9.17) is 16.3 Å². The average Bonchev–Trinajstić information content (AvgIpc) is 2.41. The molecule has 2 nitrogen and oxygen atoms in total. The van der Waals surface area contributed by atoms with Gasteiger partial charge in [0.1, 0.15) is 6.10 Å². The van der Waals surface area contributed by atoms with Crippen LogP contribution in [0, 0.1) is 0 Å². The molecule has 3 atom stereocenters. The molecule has 18 heavy (non-hydrogen) atoms. The lowest BCUT2D eigenvalue weighted by molar-refractivity contribution is -0.152. The summed E-state index contributed by atoms with van der Waals surface area (Å²) in [5, 5.41) is 0.0931. The highest BCUT2D eigenvalue weighted by Crippen LogP contribution is 2.37. The second-order valence-electron chi connectivity index (χ2n) is 4.59. The van der Waals surface area contributed by atoms with E-state index >= 15 is 0 Å². The number of hydrogen-bond acceptors (Lipinski definition) is 2. The molecule has 0 saturated heterocycles. The molecule has 0 spiro atoms. The number of hydrogen-bond donors (Lipinski definition) is 0. The first-order valence-corrected chi connectivity index (χ1v) is 6.59. The van der Waals surface area contributed by atoms with Gasteiger partial charge in [0.15, 0.2) is 6.67 Å². The topological polar surface area (TPSA) is 26.3 Å². The van der Waals surface area contributed by atoms with Crippen molar-refractivity contribution in [3.63, 3.8) is 0 Å². The summed E-state index contributed by atoms with van der Waals surface area (Å²) in [6.07, 6.45) is 2.00. The molecule has 1 aliphatic rings. The first kappa shape index (κ1) is 13.3. The van der Waals surface area contributed by atoms with E-state index in [9.17, 15) is 9.18 Å². The van der Waals surface area contributed by atoms with Gasteiger partial charge in [-0.2, -0.15) is 0 Å². The summed E-state index contributed by atoms with van der Waals surface area (Å²) in [6.45, 7) is -1.07. The smallest absolute Gasteiger partial charge is 0.337 e. The molecule has 0 aromatic heterocycles. The van der Waals surface area contributed by atoms with Crippen LogP contribution < -0.4 is 0 Å². The summed E-state index contributed by atoms with van der Waals surface area (Å²) in [5.74, 6) is -0.716. The van der Waals surface area contributed by atoms with Crippen molar-refractivity contribution >= 4 is 17.6 Å². The van der Waals surface area contributed by atoms with Crippen molar-refractivity contribution in [2.24, 2.45) is 0 Å². The Labute approximate surface area is 111 Å². The molecule has 0 bridgehead atoms. The van der Waals surface area contributed by atoms with Crippen LogP contribution in [0.3, 0.4) is 0 Å². The first-order chi connectivity index (χ1) is 8.70. The SMILES string of the molecule is O=C(CF)OC1CCC(Cl)CC1c1ccccc1. The van der Waals surface area contributed by atoms with Crippen LogP contribution in [0.2, 0.25) is 0 Å². The van der Waals surface area contributed by atoms with Crippen LogP contribution in [-0.2, 0) is 9.53 Å². The van der Waals surface area contributed by atoms with Gasteiger partial charge in [0, 0.05) is 11.3 Å². The Kier molecular flexibility index (Phi) is 4.59. The summed E-state index contributed by atoms with van der Waals surface area (Å²) in [5.41, 5.74) is 1.10. The minimum atomic E-state index is -1.07. The summed E-state index contributed by atoms with van der Waals surface area (Å²) in [6, 6.07) is 9.82. The molecule has 3 unspecified atom stereocenters. The quantitative estimate of drug-likeness (QED) is 0.621. The van der Waals surface area contributed by atoms with E-state index < -0.39 is 12.6 Å². The van der Waals surface area contributed by atoms with Crippen molar-refractivity contribution in [3.8, 4) is 0 Å². The van der Waals surface area contributed by atoms with E-state index in [1.54, 1.807) is 0 Å². The van der Waals surface area contributed by atoms with Gasteiger partial charge in [-0.15, -0.1) is 11.6 Å². The summed E-state index contributed by atoms with van der Waals surface area (Å²) in [7, 11) is 0. The van der Waals surface area contributed by atoms with Gasteiger partial charge in [-0.1, -0.05) is 30.3 Å².